The van der Waals surface area contributed by atoms with Crippen molar-refractivity contribution in [3.05, 3.63) is 12.3 Å². The van der Waals surface area contributed by atoms with Crippen LogP contribution in [-0.2, 0) is 11.3 Å². The molecular formula is C15H24N4O. The Hall–Kier alpha value is -1.52. The van der Waals surface area contributed by atoms with Gasteiger partial charge in [0.25, 0.3) is 0 Å². The standard InChI is InChI=1S/C15H24N4O/c16-14(20)6-8-19-9-7-15(18-19)17-13-3-1-2-12(10-13)11-4-5-11/h7,9,11-13H,1-6,8,10H2,(H2,16,20)(H,17,18)/t12-,13+/m1/s1. The number of nitrogens with zero attached hydrogens (tertiary/aromatic N) is 2. The number of hydrogen-bond donors (Lipinski definition) is 2. The Kier molecular flexibility index (Phi) is 3.94. The van der Waals surface area contributed by atoms with Crippen molar-refractivity contribution in [1.82, 2.24) is 9.78 Å². The maximum Gasteiger partial charge on any atom is 0.219 e. The van der Waals surface area contributed by atoms with Gasteiger partial charge in [0.15, 0.2) is 0 Å². The summed E-state index contributed by atoms with van der Waals surface area (Å²) in [6, 6.07) is 2.55. The Morgan fingerprint density at radius 3 is 2.95 bits per heavy atom. The maximum atomic E-state index is 10.8. The molecular weight excluding hydrogens is 252 g/mol. The van der Waals surface area contributed by atoms with Crippen LogP contribution < -0.4 is 11.1 Å². The van der Waals surface area contributed by atoms with Gasteiger partial charge in [-0.05, 0) is 37.5 Å². The molecule has 2 aliphatic rings. The van der Waals surface area contributed by atoms with Crippen LogP contribution in [-0.4, -0.2) is 21.7 Å². The minimum absolute atomic E-state index is 0.283. The van der Waals surface area contributed by atoms with Crippen LogP contribution in [0.3, 0.4) is 0 Å². The molecule has 0 saturated heterocycles. The van der Waals surface area contributed by atoms with Crippen molar-refractivity contribution in [2.24, 2.45) is 17.6 Å². The molecule has 1 aromatic rings. The molecule has 2 aliphatic carbocycles. The van der Waals surface area contributed by atoms with Crippen molar-refractivity contribution >= 4 is 11.7 Å². The van der Waals surface area contributed by atoms with Crippen LogP contribution in [0.5, 0.6) is 0 Å². The summed E-state index contributed by atoms with van der Waals surface area (Å²) in [4.78, 5) is 10.8. The molecule has 0 unspecified atom stereocenters. The summed E-state index contributed by atoms with van der Waals surface area (Å²) in [5.41, 5.74) is 5.15. The number of hydrogen-bond acceptors (Lipinski definition) is 3. The molecule has 0 aliphatic heterocycles. The van der Waals surface area contributed by atoms with Crippen molar-refractivity contribution < 1.29 is 4.79 Å². The van der Waals surface area contributed by atoms with E-state index < -0.39 is 0 Å². The summed E-state index contributed by atoms with van der Waals surface area (Å²) in [7, 11) is 0. The lowest BCUT2D eigenvalue weighted by molar-refractivity contribution is -0.118. The monoisotopic (exact) mass is 276 g/mol. The van der Waals surface area contributed by atoms with Crippen LogP contribution in [0.15, 0.2) is 12.3 Å². The zero-order valence-electron chi connectivity index (χ0n) is 11.9. The molecule has 20 heavy (non-hydrogen) atoms. The third kappa shape index (κ3) is 3.52. The largest absolute Gasteiger partial charge is 0.370 e. The van der Waals surface area contributed by atoms with E-state index in [1.165, 1.54) is 38.5 Å². The normalized spacial score (nSPS) is 26.4. The molecule has 0 radical (unpaired) electrons. The first kappa shape index (κ1) is 13.5. The van der Waals surface area contributed by atoms with Gasteiger partial charge < -0.3 is 11.1 Å². The predicted molar refractivity (Wildman–Crippen MR) is 78.1 cm³/mol. The van der Waals surface area contributed by atoms with E-state index in [4.69, 9.17) is 5.73 Å². The lowest BCUT2D eigenvalue weighted by Gasteiger charge is -2.29. The third-order valence-electron chi connectivity index (χ3n) is 4.58. The number of amides is 1. The number of nitrogens with one attached hydrogen (secondary N) is 1. The summed E-state index contributed by atoms with van der Waals surface area (Å²) in [6.07, 6.45) is 10.4. The second-order valence-corrected chi connectivity index (χ2v) is 6.29. The van der Waals surface area contributed by atoms with Crippen LogP contribution in [0.2, 0.25) is 0 Å². The van der Waals surface area contributed by atoms with Gasteiger partial charge in [0.1, 0.15) is 5.82 Å². The van der Waals surface area contributed by atoms with Gasteiger partial charge in [0.2, 0.25) is 5.91 Å². The van der Waals surface area contributed by atoms with Gasteiger partial charge in [-0.2, -0.15) is 5.10 Å². The number of nitrogens with two attached hydrogens (primary N) is 1. The fourth-order valence-corrected chi connectivity index (χ4v) is 3.35. The molecule has 3 N–H and O–H groups in total. The number of carbonyl (C=O) groups is 1. The van der Waals surface area contributed by atoms with Crippen LogP contribution in [0.4, 0.5) is 5.82 Å². The molecule has 0 aromatic carbocycles. The highest BCUT2D eigenvalue weighted by Crippen LogP contribution is 2.44. The summed E-state index contributed by atoms with van der Waals surface area (Å²) in [5.74, 6) is 2.58. The molecule has 1 aromatic heterocycles. The maximum absolute atomic E-state index is 10.8. The third-order valence-corrected chi connectivity index (χ3v) is 4.58. The van der Waals surface area contributed by atoms with Gasteiger partial charge in [0.05, 0.1) is 0 Å². The second kappa shape index (κ2) is 5.85. The van der Waals surface area contributed by atoms with E-state index in [0.717, 1.165) is 17.7 Å². The molecule has 2 saturated carbocycles. The average molecular weight is 276 g/mol. The minimum Gasteiger partial charge on any atom is -0.370 e. The quantitative estimate of drug-likeness (QED) is 0.836. The van der Waals surface area contributed by atoms with Crippen molar-refractivity contribution in [2.75, 3.05) is 5.32 Å². The molecule has 0 bridgehead atoms. The molecule has 0 spiro atoms. The highest BCUT2D eigenvalue weighted by molar-refractivity contribution is 5.73. The van der Waals surface area contributed by atoms with Crippen LogP contribution >= 0.6 is 0 Å². The molecule has 3 rings (SSSR count). The van der Waals surface area contributed by atoms with Crippen molar-refractivity contribution in [2.45, 2.75) is 57.5 Å². The van der Waals surface area contributed by atoms with Crippen LogP contribution in [0, 0.1) is 11.8 Å². The molecule has 5 heteroatoms. The number of aromatic nitrogens is 2. The Morgan fingerprint density at radius 1 is 1.35 bits per heavy atom. The van der Waals surface area contributed by atoms with Gasteiger partial charge in [-0.25, -0.2) is 0 Å². The average Bonchev–Trinajstić information content (AvgIpc) is 3.19. The van der Waals surface area contributed by atoms with E-state index >= 15 is 0 Å². The van der Waals surface area contributed by atoms with E-state index in [2.05, 4.69) is 10.4 Å². The molecule has 5 nitrogen and oxygen atoms in total. The first-order chi connectivity index (χ1) is 9.70. The highest BCUT2D eigenvalue weighted by atomic mass is 16.1. The SMILES string of the molecule is NC(=O)CCn1ccc(N[C@H]2CCC[C@@H](C3CC3)C2)n1. The molecule has 1 heterocycles. The first-order valence-corrected chi connectivity index (χ1v) is 7.79. The smallest absolute Gasteiger partial charge is 0.219 e. The second-order valence-electron chi connectivity index (χ2n) is 6.29. The van der Waals surface area contributed by atoms with Crippen molar-refractivity contribution in [1.29, 1.82) is 0 Å². The van der Waals surface area contributed by atoms with Gasteiger partial charge in [0, 0.05) is 31.3 Å². The van der Waals surface area contributed by atoms with Crippen molar-refractivity contribution in [3.63, 3.8) is 0 Å². The fraction of sp³-hybridized carbons (Fsp3) is 0.733. The summed E-state index contributed by atoms with van der Waals surface area (Å²) >= 11 is 0. The lowest BCUT2D eigenvalue weighted by atomic mass is 9.83. The van der Waals surface area contributed by atoms with Crippen LogP contribution in [0.1, 0.15) is 44.9 Å². The molecule has 110 valence electrons. The molecule has 2 atom stereocenters. The van der Waals surface area contributed by atoms with Crippen LogP contribution in [0.25, 0.3) is 0 Å². The van der Waals surface area contributed by atoms with E-state index in [9.17, 15) is 4.79 Å². The Balaban J connectivity index is 1.50. The summed E-state index contributed by atoms with van der Waals surface area (Å²) in [6.45, 7) is 0.562. The number of anilines is 1. The van der Waals surface area contributed by atoms with Gasteiger partial charge >= 0.3 is 0 Å². The van der Waals surface area contributed by atoms with Gasteiger partial charge in [-0.1, -0.05) is 12.8 Å². The van der Waals surface area contributed by atoms with Crippen molar-refractivity contribution in [3.8, 4) is 0 Å². The first-order valence-electron chi connectivity index (χ1n) is 7.79. The lowest BCUT2D eigenvalue weighted by Crippen LogP contribution is -2.28. The fourth-order valence-electron chi connectivity index (χ4n) is 3.35. The Bertz CT molecular complexity index is 466. The van der Waals surface area contributed by atoms with E-state index in [1.807, 2.05) is 12.3 Å². The topological polar surface area (TPSA) is 72.9 Å². The summed E-state index contributed by atoms with van der Waals surface area (Å²) < 4.78 is 1.79. The zero-order chi connectivity index (χ0) is 13.9. The number of carbonyl (C=O) groups excluding carboxylic acids is 1. The van der Waals surface area contributed by atoms with Gasteiger partial charge in [-0.3, -0.25) is 9.48 Å². The number of primary amides is 1. The van der Waals surface area contributed by atoms with E-state index in [-0.39, 0.29) is 5.91 Å². The Labute approximate surface area is 119 Å². The molecule has 1 amide bonds. The predicted octanol–water partition coefficient (Wildman–Crippen LogP) is 2.14. The molecule has 2 fully saturated rings. The van der Waals surface area contributed by atoms with E-state index in [0.29, 0.717) is 19.0 Å². The van der Waals surface area contributed by atoms with Gasteiger partial charge in [-0.15, -0.1) is 0 Å². The summed E-state index contributed by atoms with van der Waals surface area (Å²) in [5, 5.41) is 8.01. The van der Waals surface area contributed by atoms with E-state index in [1.54, 1.807) is 4.68 Å². The number of aryl methyl sites for hydroxylation is 1. The minimum atomic E-state index is -0.283. The highest BCUT2D eigenvalue weighted by Gasteiger charge is 2.34. The Morgan fingerprint density at radius 2 is 2.20 bits per heavy atom. The zero-order valence-corrected chi connectivity index (χ0v) is 11.9. The number of rotatable bonds is 6.